The number of nitrogens with one attached hydrogen (secondary N) is 2. The van der Waals surface area contributed by atoms with Crippen molar-refractivity contribution in [3.8, 4) is 0 Å². The van der Waals surface area contributed by atoms with Gasteiger partial charge in [-0.05, 0) is 18.6 Å². The van der Waals surface area contributed by atoms with Gasteiger partial charge < -0.3 is 10.2 Å². The van der Waals surface area contributed by atoms with Gasteiger partial charge in [0, 0.05) is 31.9 Å². The number of aromatic amines is 1. The topological polar surface area (TPSA) is 44.0 Å². The van der Waals surface area contributed by atoms with Gasteiger partial charge in [-0.2, -0.15) is 5.10 Å². The molecule has 5 heteroatoms. The van der Waals surface area contributed by atoms with Gasteiger partial charge in [-0.25, -0.2) is 0 Å². The quantitative estimate of drug-likeness (QED) is 0.734. The number of hydrogen-bond donors (Lipinski definition) is 2. The minimum absolute atomic E-state index is 0.784. The molecule has 14 heavy (non-hydrogen) atoms. The predicted octanol–water partition coefficient (Wildman–Crippen LogP) is 1.13. The Hall–Kier alpha value is -1.10. The summed E-state index contributed by atoms with van der Waals surface area (Å²) in [5.41, 5.74) is 1.13. The molecule has 0 aliphatic carbocycles. The summed E-state index contributed by atoms with van der Waals surface area (Å²) < 4.78 is 0. The fraction of sp³-hybridized carbons (Fsp3) is 0.556. The molecule has 0 fully saturated rings. The SMILES string of the molecule is CCCNC(=S)N(C)Cc1cn[nH]c1. The maximum Gasteiger partial charge on any atom is 0.168 e. The molecule has 0 saturated heterocycles. The van der Waals surface area contributed by atoms with Crippen LogP contribution in [0.2, 0.25) is 0 Å². The Bertz CT molecular complexity index is 270. The highest BCUT2D eigenvalue weighted by atomic mass is 32.1. The molecule has 0 aliphatic rings. The first-order chi connectivity index (χ1) is 6.74. The first-order valence-corrected chi connectivity index (χ1v) is 5.11. The lowest BCUT2D eigenvalue weighted by Crippen LogP contribution is -2.36. The van der Waals surface area contributed by atoms with E-state index in [0.29, 0.717) is 0 Å². The lowest BCUT2D eigenvalue weighted by molar-refractivity contribution is 0.489. The Morgan fingerprint density at radius 1 is 1.71 bits per heavy atom. The van der Waals surface area contributed by atoms with Crippen LogP contribution in [0.1, 0.15) is 18.9 Å². The molecule has 1 rings (SSSR count). The Morgan fingerprint density at radius 2 is 2.50 bits per heavy atom. The zero-order chi connectivity index (χ0) is 10.4. The monoisotopic (exact) mass is 212 g/mol. The van der Waals surface area contributed by atoms with Crippen LogP contribution in [0.25, 0.3) is 0 Å². The van der Waals surface area contributed by atoms with E-state index in [1.165, 1.54) is 0 Å². The van der Waals surface area contributed by atoms with Gasteiger partial charge in [-0.1, -0.05) is 6.92 Å². The number of H-pyrrole nitrogens is 1. The van der Waals surface area contributed by atoms with Crippen molar-refractivity contribution in [2.45, 2.75) is 19.9 Å². The molecule has 0 aliphatic heterocycles. The lowest BCUT2D eigenvalue weighted by Gasteiger charge is -2.19. The smallest absolute Gasteiger partial charge is 0.168 e. The molecular formula is C9H16N4S. The molecule has 1 aromatic heterocycles. The van der Waals surface area contributed by atoms with Gasteiger partial charge in [-0.15, -0.1) is 0 Å². The molecule has 0 atom stereocenters. The van der Waals surface area contributed by atoms with Crippen molar-refractivity contribution in [1.29, 1.82) is 0 Å². The second-order valence-electron chi connectivity index (χ2n) is 3.19. The third-order valence-electron chi connectivity index (χ3n) is 1.85. The summed E-state index contributed by atoms with van der Waals surface area (Å²) in [6, 6.07) is 0. The first kappa shape index (κ1) is 11.0. The van der Waals surface area contributed by atoms with E-state index in [0.717, 1.165) is 30.2 Å². The highest BCUT2D eigenvalue weighted by Gasteiger charge is 2.04. The number of aromatic nitrogens is 2. The zero-order valence-electron chi connectivity index (χ0n) is 8.58. The minimum atomic E-state index is 0.784. The summed E-state index contributed by atoms with van der Waals surface area (Å²) >= 11 is 5.20. The van der Waals surface area contributed by atoms with Crippen LogP contribution in [0, 0.1) is 0 Å². The van der Waals surface area contributed by atoms with Crippen LogP contribution in [-0.4, -0.2) is 33.8 Å². The normalized spacial score (nSPS) is 9.86. The first-order valence-electron chi connectivity index (χ1n) is 4.70. The summed E-state index contributed by atoms with van der Waals surface area (Å²) in [7, 11) is 1.97. The van der Waals surface area contributed by atoms with Crippen LogP contribution >= 0.6 is 12.2 Å². The molecule has 0 saturated carbocycles. The van der Waals surface area contributed by atoms with Gasteiger partial charge in [0.15, 0.2) is 5.11 Å². The number of thiocarbonyl (C=S) groups is 1. The Kier molecular flexibility index (Phi) is 4.39. The van der Waals surface area contributed by atoms with Gasteiger partial charge >= 0.3 is 0 Å². The van der Waals surface area contributed by atoms with Gasteiger partial charge in [0.05, 0.1) is 6.20 Å². The van der Waals surface area contributed by atoms with Crippen molar-refractivity contribution in [3.05, 3.63) is 18.0 Å². The predicted molar refractivity (Wildman–Crippen MR) is 60.9 cm³/mol. The molecule has 0 amide bonds. The highest BCUT2D eigenvalue weighted by Crippen LogP contribution is 1.99. The van der Waals surface area contributed by atoms with E-state index in [2.05, 4.69) is 22.4 Å². The standard InChI is InChI=1S/C9H16N4S/c1-3-4-10-9(14)13(2)7-8-5-11-12-6-8/h5-6H,3-4,7H2,1-2H3,(H,10,14)(H,11,12). The van der Waals surface area contributed by atoms with Crippen LogP contribution in [0.3, 0.4) is 0 Å². The maximum atomic E-state index is 5.20. The molecule has 0 spiro atoms. The molecule has 0 bridgehead atoms. The second kappa shape index (κ2) is 5.59. The number of nitrogens with zero attached hydrogens (tertiary/aromatic N) is 2. The van der Waals surface area contributed by atoms with Crippen molar-refractivity contribution in [2.75, 3.05) is 13.6 Å². The summed E-state index contributed by atoms with van der Waals surface area (Å²) in [5, 5.41) is 10.6. The second-order valence-corrected chi connectivity index (χ2v) is 3.58. The van der Waals surface area contributed by atoms with Crippen molar-refractivity contribution < 1.29 is 0 Å². The molecule has 1 heterocycles. The summed E-state index contributed by atoms with van der Waals surface area (Å²) in [4.78, 5) is 2.00. The molecule has 2 N–H and O–H groups in total. The molecule has 0 aromatic carbocycles. The van der Waals surface area contributed by atoms with Crippen LogP contribution in [-0.2, 0) is 6.54 Å². The summed E-state index contributed by atoms with van der Waals surface area (Å²) in [5.74, 6) is 0. The van der Waals surface area contributed by atoms with Gasteiger partial charge in [-0.3, -0.25) is 5.10 Å². The van der Waals surface area contributed by atoms with Gasteiger partial charge in [0.2, 0.25) is 0 Å². The third kappa shape index (κ3) is 3.33. The van der Waals surface area contributed by atoms with Crippen molar-refractivity contribution in [3.63, 3.8) is 0 Å². The highest BCUT2D eigenvalue weighted by molar-refractivity contribution is 7.80. The van der Waals surface area contributed by atoms with Crippen LogP contribution in [0.5, 0.6) is 0 Å². The van der Waals surface area contributed by atoms with Crippen LogP contribution in [0.15, 0.2) is 12.4 Å². The van der Waals surface area contributed by atoms with E-state index in [9.17, 15) is 0 Å². The molecule has 1 aromatic rings. The van der Waals surface area contributed by atoms with Crippen molar-refractivity contribution in [2.24, 2.45) is 0 Å². The van der Waals surface area contributed by atoms with Crippen molar-refractivity contribution in [1.82, 2.24) is 20.4 Å². The van der Waals surface area contributed by atoms with Gasteiger partial charge in [0.1, 0.15) is 0 Å². The van der Waals surface area contributed by atoms with E-state index in [1.54, 1.807) is 6.20 Å². The Balaban J connectivity index is 2.34. The Morgan fingerprint density at radius 3 is 3.07 bits per heavy atom. The van der Waals surface area contributed by atoms with E-state index in [1.807, 2.05) is 18.1 Å². The van der Waals surface area contributed by atoms with Crippen molar-refractivity contribution >= 4 is 17.3 Å². The van der Waals surface area contributed by atoms with E-state index in [-0.39, 0.29) is 0 Å². The molecule has 0 unspecified atom stereocenters. The number of rotatable bonds is 4. The van der Waals surface area contributed by atoms with Crippen LogP contribution < -0.4 is 5.32 Å². The average Bonchev–Trinajstić information content (AvgIpc) is 2.66. The molecular weight excluding hydrogens is 196 g/mol. The summed E-state index contributed by atoms with van der Waals surface area (Å²) in [6.07, 6.45) is 4.76. The summed E-state index contributed by atoms with van der Waals surface area (Å²) in [6.45, 7) is 3.83. The fourth-order valence-electron chi connectivity index (χ4n) is 1.08. The lowest BCUT2D eigenvalue weighted by atomic mass is 10.3. The fourth-order valence-corrected chi connectivity index (χ4v) is 1.24. The molecule has 78 valence electrons. The van der Waals surface area contributed by atoms with E-state index >= 15 is 0 Å². The minimum Gasteiger partial charge on any atom is -0.363 e. The molecule has 4 nitrogen and oxygen atoms in total. The van der Waals surface area contributed by atoms with Crippen LogP contribution in [0.4, 0.5) is 0 Å². The average molecular weight is 212 g/mol. The largest absolute Gasteiger partial charge is 0.363 e. The van der Waals surface area contributed by atoms with E-state index < -0.39 is 0 Å². The number of hydrogen-bond acceptors (Lipinski definition) is 2. The Labute approximate surface area is 89.7 Å². The maximum absolute atomic E-state index is 5.20. The third-order valence-corrected chi connectivity index (χ3v) is 2.30. The molecule has 0 radical (unpaired) electrons. The van der Waals surface area contributed by atoms with Gasteiger partial charge in [0.25, 0.3) is 0 Å². The zero-order valence-corrected chi connectivity index (χ0v) is 9.40. The van der Waals surface area contributed by atoms with E-state index in [4.69, 9.17) is 12.2 Å².